The van der Waals surface area contributed by atoms with Crippen LogP contribution in [0.25, 0.3) is 0 Å². The summed E-state index contributed by atoms with van der Waals surface area (Å²) in [5, 5.41) is 33.4. The Labute approximate surface area is 102 Å². The van der Waals surface area contributed by atoms with Crippen molar-refractivity contribution in [1.29, 1.82) is 0 Å². The van der Waals surface area contributed by atoms with Gasteiger partial charge in [-0.15, -0.1) is 0 Å². The molecular formula is C10H14O8. The molecule has 2 unspecified atom stereocenters. The Morgan fingerprint density at radius 1 is 0.778 bits per heavy atom. The zero-order valence-corrected chi connectivity index (χ0v) is 9.57. The fraction of sp³-hybridized carbons (Fsp3) is 0.600. The van der Waals surface area contributed by atoms with Gasteiger partial charge in [0.1, 0.15) is 0 Å². The number of aliphatic carboxylic acids is 4. The summed E-state index contributed by atoms with van der Waals surface area (Å²) in [7, 11) is 0. The molecule has 0 aliphatic heterocycles. The predicted octanol–water partition coefficient (Wildman–Crippen LogP) is -0.0265. The standard InChI is InChI=1S/C8H10O6.C2H4O2/c9-6(10)3-1-4(7(11)12)5(2-3)8(13)14;1-2(3)4/h3-5H,1-2H2,(H,9,10)(H,11,12)(H,13,14);1H3,(H,3,4). The minimum atomic E-state index is -1.24. The number of hydrogen-bond donors (Lipinski definition) is 4. The van der Waals surface area contributed by atoms with Crippen LogP contribution in [0.5, 0.6) is 0 Å². The first-order chi connectivity index (χ1) is 8.16. The second kappa shape index (κ2) is 6.58. The molecule has 1 rings (SSSR count). The van der Waals surface area contributed by atoms with E-state index in [1.54, 1.807) is 0 Å². The Morgan fingerprint density at radius 2 is 1.06 bits per heavy atom. The second-order valence-corrected chi connectivity index (χ2v) is 3.92. The first kappa shape index (κ1) is 15.9. The van der Waals surface area contributed by atoms with Gasteiger partial charge in [-0.2, -0.15) is 0 Å². The van der Waals surface area contributed by atoms with Crippen LogP contribution in [0.4, 0.5) is 0 Å². The van der Waals surface area contributed by atoms with Crippen LogP contribution in [0.1, 0.15) is 19.8 Å². The highest BCUT2D eigenvalue weighted by atomic mass is 16.4. The van der Waals surface area contributed by atoms with Crippen LogP contribution >= 0.6 is 0 Å². The Bertz CT molecular complexity index is 335. The van der Waals surface area contributed by atoms with Crippen molar-refractivity contribution in [2.24, 2.45) is 17.8 Å². The highest BCUT2D eigenvalue weighted by Gasteiger charge is 2.45. The van der Waals surface area contributed by atoms with E-state index in [0.29, 0.717) is 0 Å². The van der Waals surface area contributed by atoms with E-state index in [9.17, 15) is 14.4 Å². The highest BCUT2D eigenvalue weighted by Crippen LogP contribution is 2.36. The van der Waals surface area contributed by atoms with Crippen molar-refractivity contribution in [2.45, 2.75) is 19.8 Å². The van der Waals surface area contributed by atoms with Crippen molar-refractivity contribution in [2.75, 3.05) is 0 Å². The molecule has 18 heavy (non-hydrogen) atoms. The molecule has 8 nitrogen and oxygen atoms in total. The summed E-state index contributed by atoms with van der Waals surface area (Å²) in [4.78, 5) is 40.8. The minimum Gasteiger partial charge on any atom is -0.481 e. The lowest BCUT2D eigenvalue weighted by molar-refractivity contribution is -0.152. The molecule has 1 fully saturated rings. The third-order valence-corrected chi connectivity index (χ3v) is 2.55. The predicted molar refractivity (Wildman–Crippen MR) is 55.9 cm³/mol. The molecule has 0 aromatic heterocycles. The molecule has 0 aromatic rings. The van der Waals surface area contributed by atoms with Gasteiger partial charge in [0.2, 0.25) is 0 Å². The summed E-state index contributed by atoms with van der Waals surface area (Å²) in [6.07, 6.45) is -0.191. The van der Waals surface area contributed by atoms with Gasteiger partial charge in [-0.25, -0.2) is 0 Å². The van der Waals surface area contributed by atoms with E-state index in [-0.39, 0.29) is 12.8 Å². The Hall–Kier alpha value is -2.12. The summed E-state index contributed by atoms with van der Waals surface area (Å²) in [5.74, 6) is -7.43. The van der Waals surface area contributed by atoms with Gasteiger partial charge in [-0.05, 0) is 12.8 Å². The van der Waals surface area contributed by atoms with Gasteiger partial charge in [-0.1, -0.05) is 0 Å². The number of hydrogen-bond acceptors (Lipinski definition) is 4. The van der Waals surface area contributed by atoms with E-state index in [0.717, 1.165) is 6.92 Å². The van der Waals surface area contributed by atoms with Gasteiger partial charge < -0.3 is 20.4 Å². The molecule has 0 bridgehead atoms. The zero-order valence-electron chi connectivity index (χ0n) is 9.57. The van der Waals surface area contributed by atoms with Crippen LogP contribution < -0.4 is 0 Å². The van der Waals surface area contributed by atoms with Crippen molar-refractivity contribution in [3.05, 3.63) is 0 Å². The average Bonchev–Trinajstić information content (AvgIpc) is 2.60. The highest BCUT2D eigenvalue weighted by molar-refractivity contribution is 5.83. The molecule has 1 saturated carbocycles. The van der Waals surface area contributed by atoms with Crippen LogP contribution in [0.3, 0.4) is 0 Å². The maximum absolute atomic E-state index is 10.6. The summed E-state index contributed by atoms with van der Waals surface area (Å²) in [6, 6.07) is 0. The lowest BCUT2D eigenvalue weighted by atomic mass is 9.97. The van der Waals surface area contributed by atoms with Crippen LogP contribution in [-0.4, -0.2) is 44.3 Å². The number of rotatable bonds is 3. The molecule has 0 spiro atoms. The molecule has 102 valence electrons. The molecule has 0 saturated heterocycles. The fourth-order valence-electron chi connectivity index (χ4n) is 1.79. The number of carbonyl (C=O) groups is 4. The lowest BCUT2D eigenvalue weighted by Gasteiger charge is -2.08. The Morgan fingerprint density at radius 3 is 1.22 bits per heavy atom. The van der Waals surface area contributed by atoms with Crippen LogP contribution in [0.15, 0.2) is 0 Å². The molecule has 0 amide bonds. The van der Waals surface area contributed by atoms with Crippen molar-refractivity contribution in [3.63, 3.8) is 0 Å². The van der Waals surface area contributed by atoms with Gasteiger partial charge in [-0.3, -0.25) is 19.2 Å². The third kappa shape index (κ3) is 4.81. The first-order valence-electron chi connectivity index (χ1n) is 5.04. The minimum absolute atomic E-state index is 0.0956. The first-order valence-corrected chi connectivity index (χ1v) is 5.04. The molecule has 4 N–H and O–H groups in total. The second-order valence-electron chi connectivity index (χ2n) is 3.92. The molecule has 2 atom stereocenters. The third-order valence-electron chi connectivity index (χ3n) is 2.55. The van der Waals surface area contributed by atoms with Gasteiger partial charge in [0.05, 0.1) is 17.8 Å². The van der Waals surface area contributed by atoms with Gasteiger partial charge in [0, 0.05) is 6.92 Å². The van der Waals surface area contributed by atoms with Crippen LogP contribution in [-0.2, 0) is 19.2 Å². The molecule has 1 aliphatic rings. The van der Waals surface area contributed by atoms with E-state index in [4.69, 9.17) is 25.2 Å². The molecule has 0 heterocycles. The molecule has 0 radical (unpaired) electrons. The normalized spacial score (nSPS) is 25.7. The monoisotopic (exact) mass is 262 g/mol. The Balaban J connectivity index is 0.000000631. The quantitative estimate of drug-likeness (QED) is 0.554. The lowest BCUT2D eigenvalue weighted by Crippen LogP contribution is -2.24. The molecule has 8 heteroatoms. The summed E-state index contributed by atoms with van der Waals surface area (Å²) < 4.78 is 0. The fourth-order valence-corrected chi connectivity index (χ4v) is 1.79. The maximum Gasteiger partial charge on any atom is 0.307 e. The van der Waals surface area contributed by atoms with Crippen molar-refractivity contribution >= 4 is 23.9 Å². The van der Waals surface area contributed by atoms with Crippen LogP contribution in [0, 0.1) is 17.8 Å². The summed E-state index contributed by atoms with van der Waals surface area (Å²) >= 11 is 0. The van der Waals surface area contributed by atoms with Gasteiger partial charge in [0.15, 0.2) is 0 Å². The number of carboxylic acid groups (broad SMARTS) is 4. The molecular weight excluding hydrogens is 248 g/mol. The number of carboxylic acids is 4. The van der Waals surface area contributed by atoms with E-state index in [1.165, 1.54) is 0 Å². The Kier molecular flexibility index (Phi) is 5.80. The smallest absolute Gasteiger partial charge is 0.307 e. The van der Waals surface area contributed by atoms with Crippen LogP contribution in [0.2, 0.25) is 0 Å². The molecule has 1 aliphatic carbocycles. The van der Waals surface area contributed by atoms with Crippen molar-refractivity contribution < 1.29 is 39.6 Å². The largest absolute Gasteiger partial charge is 0.481 e. The average molecular weight is 262 g/mol. The summed E-state index contributed by atoms with van der Waals surface area (Å²) in [6.45, 7) is 1.08. The van der Waals surface area contributed by atoms with E-state index in [2.05, 4.69) is 0 Å². The topological polar surface area (TPSA) is 149 Å². The molecule has 0 aromatic carbocycles. The van der Waals surface area contributed by atoms with E-state index < -0.39 is 41.6 Å². The van der Waals surface area contributed by atoms with E-state index in [1.807, 2.05) is 0 Å². The maximum atomic E-state index is 10.6. The zero-order chi connectivity index (χ0) is 14.5. The van der Waals surface area contributed by atoms with Crippen molar-refractivity contribution in [1.82, 2.24) is 0 Å². The summed E-state index contributed by atoms with van der Waals surface area (Å²) in [5.41, 5.74) is 0. The van der Waals surface area contributed by atoms with Gasteiger partial charge >= 0.3 is 17.9 Å². The SMILES string of the molecule is CC(=O)O.O=C(O)C1CC(C(=O)O)C(C(=O)O)C1. The van der Waals surface area contributed by atoms with E-state index >= 15 is 0 Å². The van der Waals surface area contributed by atoms with Crippen molar-refractivity contribution in [3.8, 4) is 0 Å². The van der Waals surface area contributed by atoms with Gasteiger partial charge in [0.25, 0.3) is 5.97 Å².